The van der Waals surface area contributed by atoms with Gasteiger partial charge in [-0.25, -0.2) is 4.98 Å². The minimum Gasteiger partial charge on any atom is -0.297 e. The third kappa shape index (κ3) is 1.03. The number of halogens is 2. The number of pyridine rings is 1. The van der Waals surface area contributed by atoms with E-state index in [-0.39, 0.29) is 6.42 Å². The van der Waals surface area contributed by atoms with Crippen molar-refractivity contribution in [1.82, 2.24) is 4.98 Å². The molecule has 0 aliphatic carbocycles. The molecule has 0 unspecified atom stereocenters. The molecule has 0 saturated carbocycles. The van der Waals surface area contributed by atoms with Crippen LogP contribution in [0.1, 0.15) is 6.42 Å². The summed E-state index contributed by atoms with van der Waals surface area (Å²) in [6.45, 7) is 0.379. The number of alkyl halides is 2. The van der Waals surface area contributed by atoms with E-state index in [1.807, 2.05) is 0 Å². The zero-order chi connectivity index (χ0) is 8.60. The first-order chi connectivity index (χ1) is 5.70. The van der Waals surface area contributed by atoms with E-state index in [0.717, 1.165) is 4.90 Å². The molecule has 4 heteroatoms. The lowest BCUT2D eigenvalue weighted by atomic mass is 10.1. The maximum absolute atomic E-state index is 12.8. The van der Waals surface area contributed by atoms with Crippen LogP contribution in [0.25, 0.3) is 0 Å². The third-order valence-electron chi connectivity index (χ3n) is 1.91. The summed E-state index contributed by atoms with van der Waals surface area (Å²) in [6.07, 6.45) is 1.32. The van der Waals surface area contributed by atoms with Crippen LogP contribution in [0.4, 0.5) is 14.6 Å². The Morgan fingerprint density at radius 3 is 2.83 bits per heavy atom. The average molecular weight is 169 g/mol. The minimum absolute atomic E-state index is 0.0761. The molecule has 12 heavy (non-hydrogen) atoms. The minimum atomic E-state index is -2.70. The Morgan fingerprint density at radius 2 is 2.42 bits per heavy atom. The molecular formula is C8H7F2N2. The van der Waals surface area contributed by atoms with Crippen molar-refractivity contribution in [3.05, 3.63) is 24.4 Å². The number of hydrogen-bond donors (Lipinski definition) is 0. The Labute approximate surface area is 68.8 Å². The van der Waals surface area contributed by atoms with Gasteiger partial charge in [0.25, 0.3) is 0 Å². The average Bonchev–Trinajstić information content (AvgIpc) is 2.05. The molecular weight excluding hydrogens is 162 g/mol. The fourth-order valence-corrected chi connectivity index (χ4v) is 1.15. The summed E-state index contributed by atoms with van der Waals surface area (Å²) in [4.78, 5) is 4.77. The van der Waals surface area contributed by atoms with Crippen molar-refractivity contribution in [2.24, 2.45) is 0 Å². The first-order valence-electron chi connectivity index (χ1n) is 3.68. The van der Waals surface area contributed by atoms with Crippen LogP contribution in [0.3, 0.4) is 0 Å². The molecule has 0 atom stereocenters. The van der Waals surface area contributed by atoms with Crippen molar-refractivity contribution < 1.29 is 8.78 Å². The van der Waals surface area contributed by atoms with E-state index in [1.165, 1.54) is 12.3 Å². The van der Waals surface area contributed by atoms with E-state index in [4.69, 9.17) is 0 Å². The summed E-state index contributed by atoms with van der Waals surface area (Å²) < 4.78 is 25.5. The van der Waals surface area contributed by atoms with E-state index < -0.39 is 6.05 Å². The second-order valence-electron chi connectivity index (χ2n) is 2.68. The van der Waals surface area contributed by atoms with Crippen molar-refractivity contribution in [2.75, 3.05) is 11.4 Å². The Hall–Kier alpha value is -1.19. The molecule has 0 amide bonds. The first kappa shape index (κ1) is 7.46. The van der Waals surface area contributed by atoms with E-state index in [2.05, 4.69) is 11.1 Å². The standard InChI is InChI=1S/C8H7F2N2/c9-8(10)4-6-12(8)7-3-1-2-5-11-7/h1,3,5H,4,6H2. The van der Waals surface area contributed by atoms with Gasteiger partial charge in [0, 0.05) is 25.2 Å². The molecule has 2 nitrogen and oxygen atoms in total. The van der Waals surface area contributed by atoms with E-state index in [0.29, 0.717) is 12.4 Å². The highest BCUT2D eigenvalue weighted by Gasteiger charge is 2.46. The molecule has 2 rings (SSSR count). The second-order valence-corrected chi connectivity index (χ2v) is 2.68. The van der Waals surface area contributed by atoms with Crippen molar-refractivity contribution in [3.8, 4) is 0 Å². The Kier molecular flexibility index (Phi) is 1.49. The SMILES string of the molecule is FC1(F)CCN1c1cc[c]cn1. The van der Waals surface area contributed by atoms with Gasteiger partial charge in [0.1, 0.15) is 5.82 Å². The van der Waals surface area contributed by atoms with Gasteiger partial charge in [0.15, 0.2) is 0 Å². The van der Waals surface area contributed by atoms with Crippen LogP contribution >= 0.6 is 0 Å². The third-order valence-corrected chi connectivity index (χ3v) is 1.91. The van der Waals surface area contributed by atoms with E-state index in [9.17, 15) is 8.78 Å². The molecule has 1 aliphatic rings. The molecule has 0 N–H and O–H groups in total. The van der Waals surface area contributed by atoms with Gasteiger partial charge in [-0.05, 0) is 12.1 Å². The van der Waals surface area contributed by atoms with Crippen LogP contribution in [0.2, 0.25) is 0 Å². The van der Waals surface area contributed by atoms with Crippen LogP contribution in [-0.2, 0) is 0 Å². The molecule has 63 valence electrons. The summed E-state index contributed by atoms with van der Waals surface area (Å²) in [6, 6.07) is 3.10. The number of rotatable bonds is 1. The summed E-state index contributed by atoms with van der Waals surface area (Å²) in [5, 5.41) is 0. The van der Waals surface area contributed by atoms with Crippen molar-refractivity contribution in [3.63, 3.8) is 0 Å². The van der Waals surface area contributed by atoms with Gasteiger partial charge in [-0.2, -0.15) is 8.78 Å². The van der Waals surface area contributed by atoms with Gasteiger partial charge in [0.05, 0.1) is 0 Å². The lowest BCUT2D eigenvalue weighted by molar-refractivity contribution is -0.0554. The van der Waals surface area contributed by atoms with Crippen LogP contribution in [0.15, 0.2) is 18.3 Å². The first-order valence-corrected chi connectivity index (χ1v) is 3.68. The highest BCUT2D eigenvalue weighted by molar-refractivity contribution is 5.42. The normalized spacial score (nSPS) is 20.3. The summed E-state index contributed by atoms with van der Waals surface area (Å²) in [7, 11) is 0. The molecule has 0 aromatic carbocycles. The summed E-state index contributed by atoms with van der Waals surface area (Å²) >= 11 is 0. The fraction of sp³-hybridized carbons (Fsp3) is 0.375. The molecule has 0 spiro atoms. The van der Waals surface area contributed by atoms with Crippen molar-refractivity contribution in [2.45, 2.75) is 12.5 Å². The predicted molar refractivity (Wildman–Crippen MR) is 40.0 cm³/mol. The highest BCUT2D eigenvalue weighted by atomic mass is 19.3. The molecule has 1 fully saturated rings. The van der Waals surface area contributed by atoms with Crippen LogP contribution in [0, 0.1) is 6.07 Å². The van der Waals surface area contributed by atoms with Gasteiger partial charge in [0.2, 0.25) is 0 Å². The zero-order valence-electron chi connectivity index (χ0n) is 6.30. The zero-order valence-corrected chi connectivity index (χ0v) is 6.30. The topological polar surface area (TPSA) is 16.1 Å². The molecule has 1 aromatic heterocycles. The number of hydrogen-bond acceptors (Lipinski definition) is 2. The molecule has 1 aliphatic heterocycles. The molecule has 1 radical (unpaired) electrons. The maximum Gasteiger partial charge on any atom is 0.328 e. The van der Waals surface area contributed by atoms with Crippen molar-refractivity contribution >= 4 is 5.82 Å². The molecule has 1 saturated heterocycles. The number of anilines is 1. The highest BCUT2D eigenvalue weighted by Crippen LogP contribution is 2.36. The van der Waals surface area contributed by atoms with E-state index in [1.54, 1.807) is 6.07 Å². The van der Waals surface area contributed by atoms with Gasteiger partial charge >= 0.3 is 6.05 Å². The monoisotopic (exact) mass is 169 g/mol. The van der Waals surface area contributed by atoms with E-state index >= 15 is 0 Å². The molecule has 2 heterocycles. The predicted octanol–water partition coefficient (Wildman–Crippen LogP) is 1.68. The molecule has 0 bridgehead atoms. The van der Waals surface area contributed by atoms with Gasteiger partial charge in [-0.1, -0.05) is 0 Å². The Balaban J connectivity index is 2.22. The van der Waals surface area contributed by atoms with Gasteiger partial charge in [-0.3, -0.25) is 4.90 Å². The van der Waals surface area contributed by atoms with Crippen molar-refractivity contribution in [1.29, 1.82) is 0 Å². The van der Waals surface area contributed by atoms with Crippen LogP contribution < -0.4 is 4.90 Å². The fourth-order valence-electron chi connectivity index (χ4n) is 1.15. The number of nitrogens with zero attached hydrogens (tertiary/aromatic N) is 2. The summed E-state index contributed by atoms with van der Waals surface area (Å²) in [5.41, 5.74) is 0. The van der Waals surface area contributed by atoms with Gasteiger partial charge in [-0.15, -0.1) is 0 Å². The Bertz CT molecular complexity index is 274. The maximum atomic E-state index is 12.8. The second kappa shape index (κ2) is 2.40. The summed E-state index contributed by atoms with van der Waals surface area (Å²) in [5.74, 6) is 0.324. The quantitative estimate of drug-likeness (QED) is 0.594. The van der Waals surface area contributed by atoms with Crippen LogP contribution in [-0.4, -0.2) is 17.6 Å². The largest absolute Gasteiger partial charge is 0.328 e. The van der Waals surface area contributed by atoms with Crippen LogP contribution in [0.5, 0.6) is 0 Å². The number of aromatic nitrogens is 1. The van der Waals surface area contributed by atoms with Gasteiger partial charge < -0.3 is 0 Å². The Morgan fingerprint density at radius 1 is 1.58 bits per heavy atom. The lowest BCUT2D eigenvalue weighted by Gasteiger charge is -2.40. The molecule has 1 aromatic rings. The smallest absolute Gasteiger partial charge is 0.297 e. The lowest BCUT2D eigenvalue weighted by Crippen LogP contribution is -2.54.